The van der Waals surface area contributed by atoms with E-state index in [9.17, 15) is 14.9 Å². The van der Waals surface area contributed by atoms with Gasteiger partial charge in [-0.2, -0.15) is 4.98 Å². The molecule has 0 aliphatic heterocycles. The van der Waals surface area contributed by atoms with Crippen LogP contribution < -0.4 is 16.4 Å². The van der Waals surface area contributed by atoms with Crippen LogP contribution in [0.25, 0.3) is 0 Å². The van der Waals surface area contributed by atoms with Crippen molar-refractivity contribution >= 4 is 23.4 Å². The van der Waals surface area contributed by atoms with Gasteiger partial charge in [-0.1, -0.05) is 0 Å². The van der Waals surface area contributed by atoms with E-state index in [0.717, 1.165) is 19.0 Å². The summed E-state index contributed by atoms with van der Waals surface area (Å²) in [5.41, 5.74) is 5.07. The molecule has 9 nitrogen and oxygen atoms in total. The number of aromatic nitrogens is 2. The molecule has 0 bridgehead atoms. The molecule has 9 heteroatoms. The van der Waals surface area contributed by atoms with Crippen molar-refractivity contribution < 1.29 is 9.72 Å². The molecular weight excluding hydrogens is 252 g/mol. The number of carbonyl (C=O) groups excluding carboxylic acids is 1. The monoisotopic (exact) mass is 266 g/mol. The first-order valence-electron chi connectivity index (χ1n) is 5.81. The second-order valence-corrected chi connectivity index (χ2v) is 4.37. The Kier molecular flexibility index (Phi) is 3.45. The maximum atomic E-state index is 11.7. The highest BCUT2D eigenvalue weighted by Gasteiger charge is 2.27. The second-order valence-electron chi connectivity index (χ2n) is 4.37. The Hall–Kier alpha value is -2.45. The molecule has 0 radical (unpaired) electrons. The maximum Gasteiger partial charge on any atom is 0.329 e. The fourth-order valence-corrected chi connectivity index (χ4v) is 1.45. The molecule has 1 aliphatic carbocycles. The van der Waals surface area contributed by atoms with Gasteiger partial charge in [-0.15, -0.1) is 0 Å². The zero-order valence-electron chi connectivity index (χ0n) is 10.3. The summed E-state index contributed by atoms with van der Waals surface area (Å²) < 4.78 is 0. The number of hydrogen-bond donors (Lipinski definition) is 3. The fraction of sp³-hybridized carbons (Fsp3) is 0.500. The van der Waals surface area contributed by atoms with Crippen molar-refractivity contribution in [2.45, 2.75) is 31.8 Å². The molecule has 0 aromatic carbocycles. The van der Waals surface area contributed by atoms with Crippen molar-refractivity contribution in [3.8, 4) is 0 Å². The summed E-state index contributed by atoms with van der Waals surface area (Å²) in [7, 11) is 0. The van der Waals surface area contributed by atoms with Crippen LogP contribution in [-0.4, -0.2) is 32.9 Å². The van der Waals surface area contributed by atoms with Crippen LogP contribution in [0, 0.1) is 10.1 Å². The van der Waals surface area contributed by atoms with Gasteiger partial charge in [-0.05, 0) is 19.8 Å². The minimum absolute atomic E-state index is 0.0593. The van der Waals surface area contributed by atoms with Gasteiger partial charge in [-0.3, -0.25) is 14.9 Å². The molecule has 1 atom stereocenters. The number of rotatable bonds is 5. The Balaban J connectivity index is 2.10. The number of nitro groups is 1. The number of anilines is 2. The van der Waals surface area contributed by atoms with Gasteiger partial charge in [0.1, 0.15) is 12.2 Å². The van der Waals surface area contributed by atoms with E-state index in [1.807, 2.05) is 0 Å². The quantitative estimate of drug-likeness (QED) is 0.505. The van der Waals surface area contributed by atoms with Gasteiger partial charge in [0.05, 0.1) is 4.92 Å². The Morgan fingerprint density at radius 1 is 1.63 bits per heavy atom. The Morgan fingerprint density at radius 3 is 2.89 bits per heavy atom. The zero-order chi connectivity index (χ0) is 14.0. The molecule has 0 spiro atoms. The predicted octanol–water partition coefficient (Wildman–Crippen LogP) is 0.0460. The number of nitrogens with zero attached hydrogens (tertiary/aromatic N) is 3. The molecule has 1 unspecified atom stereocenters. The average molecular weight is 266 g/mol. The van der Waals surface area contributed by atoms with Gasteiger partial charge in [0.25, 0.3) is 0 Å². The van der Waals surface area contributed by atoms with Gasteiger partial charge in [0.2, 0.25) is 17.7 Å². The van der Waals surface area contributed by atoms with Crippen LogP contribution in [0.15, 0.2) is 6.20 Å². The van der Waals surface area contributed by atoms with Crippen molar-refractivity contribution in [3.05, 3.63) is 16.3 Å². The second kappa shape index (κ2) is 5.04. The lowest BCUT2D eigenvalue weighted by atomic mass is 10.3. The van der Waals surface area contributed by atoms with E-state index in [2.05, 4.69) is 20.6 Å². The van der Waals surface area contributed by atoms with E-state index < -0.39 is 11.0 Å². The summed E-state index contributed by atoms with van der Waals surface area (Å²) in [6, 6.07) is -0.421. The lowest BCUT2D eigenvalue weighted by molar-refractivity contribution is -0.384. The molecule has 102 valence electrons. The molecule has 1 heterocycles. The van der Waals surface area contributed by atoms with Crippen LogP contribution in [0.4, 0.5) is 17.5 Å². The minimum Gasteiger partial charge on any atom is -0.368 e. The van der Waals surface area contributed by atoms with Gasteiger partial charge >= 0.3 is 5.69 Å². The van der Waals surface area contributed by atoms with Crippen LogP contribution in [0.5, 0.6) is 0 Å². The highest BCUT2D eigenvalue weighted by atomic mass is 16.6. The van der Waals surface area contributed by atoms with Gasteiger partial charge in [-0.25, -0.2) is 4.98 Å². The van der Waals surface area contributed by atoms with Crippen molar-refractivity contribution in [1.29, 1.82) is 0 Å². The number of hydrogen-bond acceptors (Lipinski definition) is 7. The van der Waals surface area contributed by atoms with E-state index >= 15 is 0 Å². The van der Waals surface area contributed by atoms with E-state index in [1.165, 1.54) is 0 Å². The standard InChI is InChI=1S/C10H14N6O3/c1-5(9(17)14-6-2-3-6)13-8-7(16(18)19)4-12-10(11)15-8/h4-6H,2-3H2,1H3,(H,14,17)(H3,11,12,13,15). The molecule has 1 saturated carbocycles. The molecule has 0 saturated heterocycles. The predicted molar refractivity (Wildman–Crippen MR) is 67.3 cm³/mol. The van der Waals surface area contributed by atoms with Gasteiger partial charge < -0.3 is 16.4 Å². The Labute approximate surface area is 108 Å². The summed E-state index contributed by atoms with van der Waals surface area (Å²) in [6.07, 6.45) is 2.95. The third kappa shape index (κ3) is 3.27. The molecular formula is C10H14N6O3. The molecule has 1 aliphatic rings. The normalized spacial score (nSPS) is 15.6. The van der Waals surface area contributed by atoms with Gasteiger partial charge in [0.15, 0.2) is 0 Å². The lowest BCUT2D eigenvalue weighted by Gasteiger charge is -2.14. The Morgan fingerprint density at radius 2 is 2.32 bits per heavy atom. The number of carbonyl (C=O) groups is 1. The molecule has 1 aromatic heterocycles. The largest absolute Gasteiger partial charge is 0.368 e. The summed E-state index contributed by atoms with van der Waals surface area (Å²) in [4.78, 5) is 29.2. The van der Waals surface area contributed by atoms with Crippen LogP contribution in [0.3, 0.4) is 0 Å². The van der Waals surface area contributed by atoms with Crippen molar-refractivity contribution in [1.82, 2.24) is 15.3 Å². The summed E-state index contributed by atoms with van der Waals surface area (Å²) >= 11 is 0. The first-order valence-corrected chi connectivity index (χ1v) is 5.81. The number of amides is 1. The van der Waals surface area contributed by atoms with E-state index in [4.69, 9.17) is 5.73 Å². The maximum absolute atomic E-state index is 11.7. The fourth-order valence-electron chi connectivity index (χ4n) is 1.45. The minimum atomic E-state index is -0.645. The van der Waals surface area contributed by atoms with E-state index in [1.54, 1.807) is 6.92 Å². The molecule has 2 rings (SSSR count). The van der Waals surface area contributed by atoms with Crippen molar-refractivity contribution in [2.24, 2.45) is 0 Å². The number of nitrogens with one attached hydrogen (secondary N) is 2. The van der Waals surface area contributed by atoms with Crippen LogP contribution >= 0.6 is 0 Å². The first-order chi connectivity index (χ1) is 8.97. The highest BCUT2D eigenvalue weighted by molar-refractivity contribution is 5.85. The molecule has 19 heavy (non-hydrogen) atoms. The summed E-state index contributed by atoms with van der Waals surface area (Å²) in [5, 5.41) is 16.3. The van der Waals surface area contributed by atoms with Crippen molar-refractivity contribution in [3.63, 3.8) is 0 Å². The lowest BCUT2D eigenvalue weighted by Crippen LogP contribution is -2.39. The summed E-state index contributed by atoms with van der Waals surface area (Å²) in [6.45, 7) is 1.60. The van der Waals surface area contributed by atoms with Crippen molar-refractivity contribution in [2.75, 3.05) is 11.1 Å². The molecule has 4 N–H and O–H groups in total. The summed E-state index contributed by atoms with van der Waals surface area (Å²) in [5.74, 6) is -0.382. The first kappa shape index (κ1) is 13.0. The molecule has 1 aromatic rings. The van der Waals surface area contributed by atoms with Crippen LogP contribution in [0.1, 0.15) is 19.8 Å². The Bertz CT molecular complexity index is 516. The highest BCUT2D eigenvalue weighted by Crippen LogP contribution is 2.22. The molecule has 1 fully saturated rings. The van der Waals surface area contributed by atoms with E-state index in [-0.39, 0.29) is 29.4 Å². The SMILES string of the molecule is CC(Nc1nc(N)ncc1[N+](=O)[O-])C(=O)NC1CC1. The van der Waals surface area contributed by atoms with Crippen LogP contribution in [-0.2, 0) is 4.79 Å². The number of nitrogens with two attached hydrogens (primary N) is 1. The third-order valence-electron chi connectivity index (χ3n) is 2.66. The number of nitrogen functional groups attached to an aromatic ring is 1. The van der Waals surface area contributed by atoms with Crippen LogP contribution in [0.2, 0.25) is 0 Å². The average Bonchev–Trinajstić information content (AvgIpc) is 3.12. The third-order valence-corrected chi connectivity index (χ3v) is 2.66. The topological polar surface area (TPSA) is 136 Å². The smallest absolute Gasteiger partial charge is 0.329 e. The molecule has 1 amide bonds. The zero-order valence-corrected chi connectivity index (χ0v) is 10.3. The van der Waals surface area contributed by atoms with E-state index in [0.29, 0.717) is 0 Å². The van der Waals surface area contributed by atoms with Gasteiger partial charge in [0, 0.05) is 6.04 Å².